The lowest BCUT2D eigenvalue weighted by Crippen LogP contribution is -2.34. The van der Waals surface area contributed by atoms with Crippen molar-refractivity contribution in [1.82, 2.24) is 15.0 Å². The average molecular weight is 517 g/mol. The van der Waals surface area contributed by atoms with Crippen LogP contribution in [0.15, 0.2) is 38.9 Å². The molecule has 32 heavy (non-hydrogen) atoms. The standard InChI is InChI=1S/C23H25BrN4O3S/c1-4-31-18-8-6-16(24)10-15(18)11-26-27-21(29)14(3)28-12-25-22-20(23(28)30)17-7-5-13(2)9-19(17)32-22/h6,8,10-14H,4-5,7,9H2,1-3H3,(H,27,29)/b26-11-/t13-,14+/m1/s1. The van der Waals surface area contributed by atoms with Gasteiger partial charge >= 0.3 is 0 Å². The number of ether oxygens (including phenoxy) is 1. The molecule has 3 aromatic rings. The van der Waals surface area contributed by atoms with Gasteiger partial charge in [0.15, 0.2) is 0 Å². The van der Waals surface area contributed by atoms with Crippen LogP contribution in [0.2, 0.25) is 0 Å². The number of carbonyl (C=O) groups is 1. The second-order valence-corrected chi connectivity index (χ2v) is 10.0. The molecule has 0 aliphatic heterocycles. The van der Waals surface area contributed by atoms with E-state index in [1.807, 2.05) is 25.1 Å². The van der Waals surface area contributed by atoms with Gasteiger partial charge in [-0.2, -0.15) is 5.10 Å². The van der Waals surface area contributed by atoms with E-state index in [1.54, 1.807) is 18.3 Å². The summed E-state index contributed by atoms with van der Waals surface area (Å²) < 4.78 is 7.86. The SMILES string of the molecule is CCOc1ccc(Br)cc1/C=N\NC(=O)[C@H](C)n1cnc2sc3c(c2c1=O)CC[C@@H](C)C3. The zero-order valence-corrected chi connectivity index (χ0v) is 20.6. The van der Waals surface area contributed by atoms with Crippen molar-refractivity contribution in [3.05, 3.63) is 55.4 Å². The van der Waals surface area contributed by atoms with Crippen LogP contribution < -0.4 is 15.7 Å². The number of nitrogens with zero attached hydrogens (tertiary/aromatic N) is 3. The van der Waals surface area contributed by atoms with Crippen LogP contribution in [0.4, 0.5) is 0 Å². The number of hydrogen-bond donors (Lipinski definition) is 1. The van der Waals surface area contributed by atoms with Crippen LogP contribution >= 0.6 is 27.3 Å². The van der Waals surface area contributed by atoms with E-state index < -0.39 is 11.9 Å². The van der Waals surface area contributed by atoms with Crippen molar-refractivity contribution in [1.29, 1.82) is 0 Å². The third-order valence-electron chi connectivity index (χ3n) is 5.69. The number of halogens is 1. The highest BCUT2D eigenvalue weighted by Crippen LogP contribution is 2.35. The lowest BCUT2D eigenvalue weighted by atomic mass is 9.89. The van der Waals surface area contributed by atoms with Gasteiger partial charge in [-0.1, -0.05) is 22.9 Å². The fourth-order valence-electron chi connectivity index (χ4n) is 3.91. The molecule has 2 aromatic heterocycles. The van der Waals surface area contributed by atoms with E-state index in [0.29, 0.717) is 23.7 Å². The van der Waals surface area contributed by atoms with Crippen molar-refractivity contribution in [3.63, 3.8) is 0 Å². The van der Waals surface area contributed by atoms with E-state index in [2.05, 4.69) is 38.4 Å². The van der Waals surface area contributed by atoms with Crippen molar-refractivity contribution in [3.8, 4) is 5.75 Å². The van der Waals surface area contributed by atoms with Gasteiger partial charge in [0.2, 0.25) is 0 Å². The maximum absolute atomic E-state index is 13.2. The molecule has 7 nitrogen and oxygen atoms in total. The summed E-state index contributed by atoms with van der Waals surface area (Å²) in [5.41, 5.74) is 4.20. The molecule has 4 rings (SSSR count). The predicted octanol–water partition coefficient (Wildman–Crippen LogP) is 4.46. The molecule has 1 aliphatic carbocycles. The Bertz CT molecular complexity index is 1250. The van der Waals surface area contributed by atoms with Gasteiger partial charge in [-0.05, 0) is 62.8 Å². The molecular weight excluding hydrogens is 492 g/mol. The van der Waals surface area contributed by atoms with Gasteiger partial charge in [-0.15, -0.1) is 11.3 Å². The van der Waals surface area contributed by atoms with Gasteiger partial charge in [0.05, 0.1) is 24.5 Å². The molecule has 1 aliphatic rings. The maximum Gasteiger partial charge on any atom is 0.263 e. The van der Waals surface area contributed by atoms with E-state index in [4.69, 9.17) is 4.74 Å². The molecule has 2 atom stereocenters. The smallest absolute Gasteiger partial charge is 0.263 e. The summed E-state index contributed by atoms with van der Waals surface area (Å²) in [5, 5.41) is 4.74. The second kappa shape index (κ2) is 9.54. The van der Waals surface area contributed by atoms with Crippen LogP contribution in [0.5, 0.6) is 5.75 Å². The van der Waals surface area contributed by atoms with Crippen molar-refractivity contribution < 1.29 is 9.53 Å². The highest BCUT2D eigenvalue weighted by molar-refractivity contribution is 9.10. The van der Waals surface area contributed by atoms with Crippen molar-refractivity contribution in [2.75, 3.05) is 6.61 Å². The first-order valence-corrected chi connectivity index (χ1v) is 12.3. The van der Waals surface area contributed by atoms with Gasteiger partial charge in [0, 0.05) is 14.9 Å². The summed E-state index contributed by atoms with van der Waals surface area (Å²) in [6.45, 7) is 6.33. The zero-order chi connectivity index (χ0) is 22.8. The first kappa shape index (κ1) is 22.7. The number of rotatable bonds is 6. The fourth-order valence-corrected chi connectivity index (χ4v) is 5.63. The Morgan fingerprint density at radius 1 is 1.50 bits per heavy atom. The molecule has 2 heterocycles. The lowest BCUT2D eigenvalue weighted by molar-refractivity contribution is -0.123. The Kier molecular flexibility index (Phi) is 6.76. The highest BCUT2D eigenvalue weighted by Gasteiger charge is 2.25. The highest BCUT2D eigenvalue weighted by atomic mass is 79.9. The number of amides is 1. The van der Waals surface area contributed by atoms with Crippen LogP contribution in [0, 0.1) is 5.92 Å². The van der Waals surface area contributed by atoms with Crippen molar-refractivity contribution >= 4 is 49.6 Å². The summed E-state index contributed by atoms with van der Waals surface area (Å²) >= 11 is 5.03. The van der Waals surface area contributed by atoms with Gasteiger partial charge in [0.1, 0.15) is 16.6 Å². The maximum atomic E-state index is 13.2. The molecule has 0 bridgehead atoms. The number of aryl methyl sites for hydroxylation is 1. The van der Waals surface area contributed by atoms with E-state index in [9.17, 15) is 9.59 Å². The van der Waals surface area contributed by atoms with Crippen molar-refractivity contribution in [2.24, 2.45) is 11.0 Å². The first-order valence-electron chi connectivity index (χ1n) is 10.7. The van der Waals surface area contributed by atoms with Gasteiger partial charge < -0.3 is 4.74 Å². The van der Waals surface area contributed by atoms with Gasteiger partial charge in [-0.3, -0.25) is 14.2 Å². The molecule has 0 saturated carbocycles. The van der Waals surface area contributed by atoms with Crippen LogP contribution in [0.1, 0.15) is 49.2 Å². The molecule has 0 radical (unpaired) electrons. The van der Waals surface area contributed by atoms with E-state index in [0.717, 1.165) is 39.7 Å². The Labute approximate surface area is 198 Å². The number of hydrazone groups is 1. The monoisotopic (exact) mass is 516 g/mol. The number of benzene rings is 1. The fraction of sp³-hybridized carbons (Fsp3) is 0.391. The molecule has 168 valence electrons. The quantitative estimate of drug-likeness (QED) is 0.387. The van der Waals surface area contributed by atoms with Crippen LogP contribution in [0.3, 0.4) is 0 Å². The van der Waals surface area contributed by atoms with E-state index in [1.165, 1.54) is 22.0 Å². The van der Waals surface area contributed by atoms with E-state index >= 15 is 0 Å². The average Bonchev–Trinajstić information content (AvgIpc) is 3.13. The predicted molar refractivity (Wildman–Crippen MR) is 131 cm³/mol. The Hall–Kier alpha value is -2.52. The molecule has 9 heteroatoms. The second-order valence-electron chi connectivity index (χ2n) is 8.01. The normalized spacial score (nSPS) is 16.8. The number of thiophene rings is 1. The molecule has 1 aromatic carbocycles. The zero-order valence-electron chi connectivity index (χ0n) is 18.2. The molecule has 0 unspecified atom stereocenters. The Balaban J connectivity index is 1.55. The molecule has 0 saturated heterocycles. The molecule has 0 spiro atoms. The Morgan fingerprint density at radius 2 is 2.31 bits per heavy atom. The molecule has 1 N–H and O–H groups in total. The van der Waals surface area contributed by atoms with Crippen LogP contribution in [-0.4, -0.2) is 28.3 Å². The summed E-state index contributed by atoms with van der Waals surface area (Å²) in [6, 6.07) is 4.82. The number of hydrogen-bond acceptors (Lipinski definition) is 6. The van der Waals surface area contributed by atoms with Crippen LogP contribution in [-0.2, 0) is 17.6 Å². The summed E-state index contributed by atoms with van der Waals surface area (Å²) in [7, 11) is 0. The molecule has 0 fully saturated rings. The summed E-state index contributed by atoms with van der Waals surface area (Å²) in [4.78, 5) is 32.4. The van der Waals surface area contributed by atoms with Gasteiger partial charge in [-0.25, -0.2) is 10.4 Å². The Morgan fingerprint density at radius 3 is 3.09 bits per heavy atom. The number of nitrogens with one attached hydrogen (secondary N) is 1. The van der Waals surface area contributed by atoms with Crippen LogP contribution in [0.25, 0.3) is 10.2 Å². The number of fused-ring (bicyclic) bond motifs is 3. The van der Waals surface area contributed by atoms with E-state index in [-0.39, 0.29) is 5.56 Å². The largest absolute Gasteiger partial charge is 0.493 e. The number of aromatic nitrogens is 2. The minimum absolute atomic E-state index is 0.167. The topological polar surface area (TPSA) is 85.6 Å². The summed E-state index contributed by atoms with van der Waals surface area (Å²) in [6.07, 6.45) is 5.93. The number of carbonyl (C=O) groups excluding carboxylic acids is 1. The minimum atomic E-state index is -0.747. The third-order valence-corrected chi connectivity index (χ3v) is 7.34. The van der Waals surface area contributed by atoms with Gasteiger partial charge in [0.25, 0.3) is 11.5 Å². The third kappa shape index (κ3) is 4.49. The van der Waals surface area contributed by atoms with Crippen molar-refractivity contribution in [2.45, 2.75) is 46.1 Å². The molecular formula is C23H25BrN4O3S. The first-order chi connectivity index (χ1) is 15.4. The lowest BCUT2D eigenvalue weighted by Gasteiger charge is -2.18. The molecule has 1 amide bonds. The summed E-state index contributed by atoms with van der Waals surface area (Å²) in [5.74, 6) is 0.896. The minimum Gasteiger partial charge on any atom is -0.493 e.